The van der Waals surface area contributed by atoms with Crippen molar-refractivity contribution in [3.8, 4) is 28.4 Å². The van der Waals surface area contributed by atoms with Crippen molar-refractivity contribution in [2.45, 2.75) is 39.5 Å². The molecule has 11 nitrogen and oxygen atoms in total. The number of hydrogen-bond acceptors (Lipinski definition) is 11. The topological polar surface area (TPSA) is 141 Å². The van der Waals surface area contributed by atoms with Gasteiger partial charge in [0.2, 0.25) is 0 Å². The summed E-state index contributed by atoms with van der Waals surface area (Å²) in [6, 6.07) is 26.6. The van der Waals surface area contributed by atoms with Crippen molar-refractivity contribution in [2.24, 2.45) is 11.8 Å². The normalized spacial score (nSPS) is 11.6. The lowest BCUT2D eigenvalue weighted by molar-refractivity contribution is -0.139. The summed E-state index contributed by atoms with van der Waals surface area (Å²) in [5.41, 5.74) is 2.75. The minimum atomic E-state index is -0.579. The molecule has 0 amide bonds. The fourth-order valence-corrected chi connectivity index (χ4v) is 5.13. The first-order valence-corrected chi connectivity index (χ1v) is 18.3. The van der Waals surface area contributed by atoms with Crippen molar-refractivity contribution in [1.82, 2.24) is 0 Å². The SMILES string of the molecule is C=CC(=O)OCCC(C)CCOC(=O)c1ccc(-c2ccc(OC(=O)c3ccc(OC(=O)c4ccc(OCCC(C)CCOC(=O)C=C)cc4)cc3)cc2)cc1. The van der Waals surface area contributed by atoms with Gasteiger partial charge in [-0.25, -0.2) is 24.0 Å². The van der Waals surface area contributed by atoms with E-state index in [1.807, 2.05) is 26.0 Å². The molecular formula is C45H46O11. The maximum absolute atomic E-state index is 12.8. The van der Waals surface area contributed by atoms with Gasteiger partial charge in [0.1, 0.15) is 17.2 Å². The second kappa shape index (κ2) is 22.0. The quantitative estimate of drug-likeness (QED) is 0.0349. The summed E-state index contributed by atoms with van der Waals surface area (Å²) >= 11 is 0. The minimum absolute atomic E-state index is 0.211. The van der Waals surface area contributed by atoms with Crippen LogP contribution in [0.2, 0.25) is 0 Å². The Labute approximate surface area is 326 Å². The molecule has 0 fully saturated rings. The maximum Gasteiger partial charge on any atom is 0.343 e. The van der Waals surface area contributed by atoms with Gasteiger partial charge in [0, 0.05) is 12.2 Å². The molecular weight excluding hydrogens is 716 g/mol. The van der Waals surface area contributed by atoms with Gasteiger partial charge in [-0.05, 0) is 121 Å². The van der Waals surface area contributed by atoms with Crippen LogP contribution in [0.1, 0.15) is 70.6 Å². The fraction of sp³-hybridized carbons (Fsp3) is 0.267. The fourth-order valence-electron chi connectivity index (χ4n) is 5.13. The summed E-state index contributed by atoms with van der Waals surface area (Å²) in [5.74, 6) is -0.731. The number of esters is 5. The molecule has 11 heteroatoms. The molecule has 0 N–H and O–H groups in total. The van der Waals surface area contributed by atoms with Crippen LogP contribution in [-0.4, -0.2) is 56.3 Å². The average molecular weight is 763 g/mol. The smallest absolute Gasteiger partial charge is 0.343 e. The molecule has 0 aliphatic rings. The first kappa shape index (κ1) is 42.3. The summed E-state index contributed by atoms with van der Waals surface area (Å²) in [7, 11) is 0. The average Bonchev–Trinajstić information content (AvgIpc) is 3.21. The Morgan fingerprint density at radius 1 is 0.464 bits per heavy atom. The lowest BCUT2D eigenvalue weighted by atomic mass is 10.0. The highest BCUT2D eigenvalue weighted by atomic mass is 16.5. The van der Waals surface area contributed by atoms with Gasteiger partial charge in [-0.2, -0.15) is 0 Å². The summed E-state index contributed by atoms with van der Waals surface area (Å²) < 4.78 is 32.2. The van der Waals surface area contributed by atoms with E-state index in [1.165, 1.54) is 24.3 Å². The third-order valence-electron chi connectivity index (χ3n) is 8.68. The second-order valence-electron chi connectivity index (χ2n) is 13.0. The number of carbonyl (C=O) groups excluding carboxylic acids is 5. The van der Waals surface area contributed by atoms with Gasteiger partial charge < -0.3 is 28.4 Å². The molecule has 4 aromatic rings. The van der Waals surface area contributed by atoms with Crippen LogP contribution in [0.4, 0.5) is 0 Å². The van der Waals surface area contributed by atoms with Crippen molar-refractivity contribution in [1.29, 1.82) is 0 Å². The highest BCUT2D eigenvalue weighted by Gasteiger charge is 2.14. The predicted molar refractivity (Wildman–Crippen MR) is 210 cm³/mol. The van der Waals surface area contributed by atoms with Gasteiger partial charge >= 0.3 is 29.8 Å². The van der Waals surface area contributed by atoms with Crippen molar-refractivity contribution >= 4 is 29.8 Å². The third kappa shape index (κ3) is 14.1. The summed E-state index contributed by atoms with van der Waals surface area (Å²) in [5, 5.41) is 0. The van der Waals surface area contributed by atoms with Crippen molar-refractivity contribution in [3.63, 3.8) is 0 Å². The van der Waals surface area contributed by atoms with Gasteiger partial charge in [-0.15, -0.1) is 0 Å². The number of hydrogen-bond donors (Lipinski definition) is 0. The van der Waals surface area contributed by atoms with Gasteiger partial charge in [0.05, 0.1) is 43.1 Å². The van der Waals surface area contributed by atoms with E-state index in [1.54, 1.807) is 60.7 Å². The lowest BCUT2D eigenvalue weighted by Crippen LogP contribution is -2.11. The molecule has 0 heterocycles. The Morgan fingerprint density at radius 3 is 1.25 bits per heavy atom. The van der Waals surface area contributed by atoms with Crippen LogP contribution < -0.4 is 14.2 Å². The zero-order valence-corrected chi connectivity index (χ0v) is 31.6. The Balaban J connectivity index is 1.18. The number of rotatable bonds is 21. The van der Waals surface area contributed by atoms with E-state index < -0.39 is 29.8 Å². The summed E-state index contributed by atoms with van der Waals surface area (Å²) in [4.78, 5) is 60.3. The molecule has 0 saturated heterocycles. The van der Waals surface area contributed by atoms with E-state index in [0.717, 1.165) is 29.7 Å². The Kier molecular flexibility index (Phi) is 16.6. The maximum atomic E-state index is 12.8. The minimum Gasteiger partial charge on any atom is -0.494 e. The molecule has 0 spiro atoms. The van der Waals surface area contributed by atoms with E-state index in [-0.39, 0.29) is 23.8 Å². The van der Waals surface area contributed by atoms with Crippen molar-refractivity contribution < 1.29 is 52.4 Å². The van der Waals surface area contributed by atoms with Crippen LogP contribution >= 0.6 is 0 Å². The van der Waals surface area contributed by atoms with Gasteiger partial charge in [-0.3, -0.25) is 0 Å². The lowest BCUT2D eigenvalue weighted by Gasteiger charge is -2.12. The Morgan fingerprint density at radius 2 is 0.804 bits per heavy atom. The monoisotopic (exact) mass is 762 g/mol. The first-order valence-electron chi connectivity index (χ1n) is 18.3. The highest BCUT2D eigenvalue weighted by molar-refractivity contribution is 5.93. The first-order chi connectivity index (χ1) is 27.0. The molecule has 0 aliphatic heterocycles. The largest absolute Gasteiger partial charge is 0.494 e. The van der Waals surface area contributed by atoms with E-state index in [0.29, 0.717) is 67.6 Å². The molecule has 4 rings (SSSR count). The number of carbonyl (C=O) groups is 5. The molecule has 4 aromatic carbocycles. The zero-order valence-electron chi connectivity index (χ0n) is 31.6. The number of ether oxygens (including phenoxy) is 6. The molecule has 0 bridgehead atoms. The van der Waals surface area contributed by atoms with E-state index >= 15 is 0 Å². The zero-order chi connectivity index (χ0) is 40.3. The standard InChI is InChI=1S/C45H46O11/c1-5-41(46)52-28-24-31(3)23-27-51-38-17-13-36(14-18-38)44(49)56-40-21-15-37(16-22-40)45(50)55-39-19-11-34(12-20-39)33-7-9-35(10-8-33)43(48)54-30-26-32(4)25-29-53-42(47)6-2/h5-22,31-32H,1-2,23-30H2,3-4H3. The van der Waals surface area contributed by atoms with Crippen LogP contribution in [0.5, 0.6) is 17.2 Å². The van der Waals surface area contributed by atoms with E-state index in [9.17, 15) is 24.0 Å². The van der Waals surface area contributed by atoms with Crippen LogP contribution in [0, 0.1) is 11.8 Å². The molecule has 0 aromatic heterocycles. The van der Waals surface area contributed by atoms with Crippen molar-refractivity contribution in [3.05, 3.63) is 139 Å². The second-order valence-corrected chi connectivity index (χ2v) is 13.0. The molecule has 0 radical (unpaired) electrons. The molecule has 2 unspecified atom stereocenters. The van der Waals surface area contributed by atoms with Crippen LogP contribution in [0.15, 0.2) is 122 Å². The van der Waals surface area contributed by atoms with Crippen molar-refractivity contribution in [2.75, 3.05) is 26.4 Å². The molecule has 2 atom stereocenters. The summed E-state index contributed by atoms with van der Waals surface area (Å²) in [6.45, 7) is 12.1. The van der Waals surface area contributed by atoms with Gasteiger partial charge in [0.15, 0.2) is 0 Å². The number of benzene rings is 4. The van der Waals surface area contributed by atoms with E-state index in [2.05, 4.69) is 13.2 Å². The van der Waals surface area contributed by atoms with Crippen LogP contribution in [0.25, 0.3) is 11.1 Å². The Hall–Kier alpha value is -6.49. The third-order valence-corrected chi connectivity index (χ3v) is 8.68. The van der Waals surface area contributed by atoms with E-state index in [4.69, 9.17) is 28.4 Å². The summed E-state index contributed by atoms with van der Waals surface area (Å²) in [6.07, 6.45) is 5.05. The molecule has 0 aliphatic carbocycles. The van der Waals surface area contributed by atoms with Crippen LogP contribution in [-0.2, 0) is 23.8 Å². The van der Waals surface area contributed by atoms with Gasteiger partial charge in [0.25, 0.3) is 0 Å². The van der Waals surface area contributed by atoms with Gasteiger partial charge in [-0.1, -0.05) is 51.3 Å². The molecule has 56 heavy (non-hydrogen) atoms. The molecule has 0 saturated carbocycles. The van der Waals surface area contributed by atoms with Crippen LogP contribution in [0.3, 0.4) is 0 Å². The highest BCUT2D eigenvalue weighted by Crippen LogP contribution is 2.25. The predicted octanol–water partition coefficient (Wildman–Crippen LogP) is 8.62. The Bertz CT molecular complexity index is 1930. The molecule has 292 valence electrons.